The van der Waals surface area contributed by atoms with E-state index in [0.717, 1.165) is 17.7 Å². The SMILES string of the molecule is N#C/C(=C\C=C\c1cn(Cc2ccccc2)nn1)C(=O)Nc1ccc(F)cc1F. The molecule has 1 heterocycles. The number of nitrogens with one attached hydrogen (secondary N) is 1. The van der Waals surface area contributed by atoms with E-state index in [1.165, 1.54) is 12.2 Å². The standard InChI is InChI=1S/C21H15F2N5O/c22-17-9-10-20(19(23)11-17)25-21(29)16(12-24)7-4-8-18-14-28(27-26-18)13-15-5-2-1-3-6-15/h1-11,14H,13H2,(H,25,29)/b8-4+,16-7+. The Morgan fingerprint density at radius 2 is 2.00 bits per heavy atom. The summed E-state index contributed by atoms with van der Waals surface area (Å²) in [5.41, 5.74) is 1.15. The fourth-order valence-electron chi connectivity index (χ4n) is 2.42. The van der Waals surface area contributed by atoms with Crippen LogP contribution in [0.3, 0.4) is 0 Å². The van der Waals surface area contributed by atoms with Crippen LogP contribution < -0.4 is 5.32 Å². The fourth-order valence-corrected chi connectivity index (χ4v) is 2.42. The van der Waals surface area contributed by atoms with E-state index in [1.54, 1.807) is 23.0 Å². The molecule has 0 saturated carbocycles. The van der Waals surface area contributed by atoms with Crippen LogP contribution in [0, 0.1) is 23.0 Å². The second-order valence-corrected chi connectivity index (χ2v) is 5.96. The molecule has 144 valence electrons. The number of anilines is 1. The van der Waals surface area contributed by atoms with E-state index in [9.17, 15) is 13.6 Å². The molecule has 3 aromatic rings. The van der Waals surface area contributed by atoms with E-state index >= 15 is 0 Å². The van der Waals surface area contributed by atoms with Crippen molar-refractivity contribution in [2.24, 2.45) is 0 Å². The Morgan fingerprint density at radius 3 is 2.72 bits per heavy atom. The molecule has 6 nitrogen and oxygen atoms in total. The number of benzene rings is 2. The maximum atomic E-state index is 13.6. The van der Waals surface area contributed by atoms with Crippen LogP contribution in [-0.2, 0) is 11.3 Å². The van der Waals surface area contributed by atoms with Gasteiger partial charge in [0.05, 0.1) is 18.4 Å². The predicted molar refractivity (Wildman–Crippen MR) is 103 cm³/mol. The summed E-state index contributed by atoms with van der Waals surface area (Å²) in [5.74, 6) is -2.50. The van der Waals surface area contributed by atoms with E-state index in [2.05, 4.69) is 15.6 Å². The zero-order valence-corrected chi connectivity index (χ0v) is 15.1. The third-order valence-electron chi connectivity index (χ3n) is 3.82. The van der Waals surface area contributed by atoms with Crippen molar-refractivity contribution in [3.8, 4) is 6.07 Å². The van der Waals surface area contributed by atoms with Crippen molar-refractivity contribution in [3.05, 3.63) is 95.3 Å². The number of nitriles is 1. The highest BCUT2D eigenvalue weighted by Crippen LogP contribution is 2.15. The van der Waals surface area contributed by atoms with Crippen molar-refractivity contribution in [1.82, 2.24) is 15.0 Å². The van der Waals surface area contributed by atoms with Crippen molar-refractivity contribution in [2.75, 3.05) is 5.32 Å². The molecule has 1 amide bonds. The van der Waals surface area contributed by atoms with Gasteiger partial charge in [0.25, 0.3) is 5.91 Å². The van der Waals surface area contributed by atoms with Gasteiger partial charge in [-0.1, -0.05) is 41.6 Å². The van der Waals surface area contributed by atoms with Gasteiger partial charge in [-0.25, -0.2) is 13.5 Å². The van der Waals surface area contributed by atoms with Gasteiger partial charge in [-0.3, -0.25) is 4.79 Å². The molecule has 0 spiro atoms. The maximum absolute atomic E-state index is 13.6. The maximum Gasteiger partial charge on any atom is 0.266 e. The Balaban J connectivity index is 1.65. The van der Waals surface area contributed by atoms with Gasteiger partial charge in [0, 0.05) is 6.07 Å². The smallest absolute Gasteiger partial charge is 0.266 e. The Labute approximate surface area is 165 Å². The van der Waals surface area contributed by atoms with E-state index in [-0.39, 0.29) is 11.3 Å². The van der Waals surface area contributed by atoms with Gasteiger partial charge >= 0.3 is 0 Å². The molecular formula is C21H15F2N5O. The van der Waals surface area contributed by atoms with Gasteiger partial charge in [-0.2, -0.15) is 5.26 Å². The molecule has 0 saturated heterocycles. The normalized spacial score (nSPS) is 11.4. The summed E-state index contributed by atoms with van der Waals surface area (Å²) in [6.45, 7) is 0.562. The number of halogens is 2. The lowest BCUT2D eigenvalue weighted by Gasteiger charge is -2.05. The van der Waals surface area contributed by atoms with Crippen molar-refractivity contribution >= 4 is 17.7 Å². The second kappa shape index (κ2) is 9.19. The quantitative estimate of drug-likeness (QED) is 0.394. The van der Waals surface area contributed by atoms with Gasteiger partial charge in [0.1, 0.15) is 29.0 Å². The summed E-state index contributed by atoms with van der Waals surface area (Å²) in [5, 5.41) is 19.4. The largest absolute Gasteiger partial charge is 0.319 e. The lowest BCUT2D eigenvalue weighted by atomic mass is 10.2. The third kappa shape index (κ3) is 5.43. The number of nitrogens with zero attached hydrogens (tertiary/aromatic N) is 4. The number of amides is 1. The average Bonchev–Trinajstić information content (AvgIpc) is 3.15. The van der Waals surface area contributed by atoms with Crippen LogP contribution in [0.2, 0.25) is 0 Å². The topological polar surface area (TPSA) is 83.6 Å². The van der Waals surface area contributed by atoms with Gasteiger partial charge in [-0.05, 0) is 29.8 Å². The number of carbonyl (C=O) groups excluding carboxylic acids is 1. The fraction of sp³-hybridized carbons (Fsp3) is 0.0476. The zero-order chi connectivity index (χ0) is 20.6. The lowest BCUT2D eigenvalue weighted by molar-refractivity contribution is -0.112. The molecule has 8 heteroatoms. The first-order valence-corrected chi connectivity index (χ1v) is 8.54. The van der Waals surface area contributed by atoms with Crippen LogP contribution >= 0.6 is 0 Å². The molecule has 2 aromatic carbocycles. The molecule has 0 unspecified atom stereocenters. The van der Waals surface area contributed by atoms with Crippen LogP contribution in [0.1, 0.15) is 11.3 Å². The first kappa shape index (κ1) is 19.6. The van der Waals surface area contributed by atoms with Gasteiger partial charge in [0.15, 0.2) is 0 Å². The minimum absolute atomic E-state index is 0.217. The molecular weight excluding hydrogens is 376 g/mol. The van der Waals surface area contributed by atoms with Crippen LogP contribution in [0.5, 0.6) is 0 Å². The number of hydrogen-bond acceptors (Lipinski definition) is 4. The minimum atomic E-state index is -0.929. The molecule has 29 heavy (non-hydrogen) atoms. The Morgan fingerprint density at radius 1 is 1.21 bits per heavy atom. The first-order chi connectivity index (χ1) is 14.0. The van der Waals surface area contributed by atoms with Gasteiger partial charge < -0.3 is 5.32 Å². The molecule has 0 aliphatic heterocycles. The highest BCUT2D eigenvalue weighted by Gasteiger charge is 2.11. The molecule has 0 aliphatic carbocycles. The van der Waals surface area contributed by atoms with E-state index in [4.69, 9.17) is 5.26 Å². The van der Waals surface area contributed by atoms with Gasteiger partial charge in [0.2, 0.25) is 0 Å². The van der Waals surface area contributed by atoms with Crippen LogP contribution in [0.15, 0.2) is 72.5 Å². The summed E-state index contributed by atoms with van der Waals surface area (Å²) in [4.78, 5) is 12.1. The molecule has 1 aromatic heterocycles. The highest BCUT2D eigenvalue weighted by molar-refractivity contribution is 6.06. The summed E-state index contributed by atoms with van der Waals surface area (Å²) < 4.78 is 28.2. The molecule has 3 rings (SSSR count). The number of aromatic nitrogens is 3. The Kier molecular flexibility index (Phi) is 6.22. The number of allylic oxidation sites excluding steroid dienone is 2. The van der Waals surface area contributed by atoms with E-state index < -0.39 is 17.5 Å². The number of rotatable bonds is 6. The predicted octanol–water partition coefficient (Wildman–Crippen LogP) is 3.71. The highest BCUT2D eigenvalue weighted by atomic mass is 19.1. The van der Waals surface area contributed by atoms with Crippen molar-refractivity contribution in [2.45, 2.75) is 6.54 Å². The zero-order valence-electron chi connectivity index (χ0n) is 15.1. The summed E-state index contributed by atoms with van der Waals surface area (Å²) in [6.07, 6.45) is 6.04. The molecule has 0 aliphatic rings. The summed E-state index contributed by atoms with van der Waals surface area (Å²) in [7, 11) is 0. The molecule has 0 bridgehead atoms. The van der Waals surface area contributed by atoms with Crippen LogP contribution in [0.25, 0.3) is 6.08 Å². The second-order valence-electron chi connectivity index (χ2n) is 5.96. The van der Waals surface area contributed by atoms with Crippen LogP contribution in [0.4, 0.5) is 14.5 Å². The number of carbonyl (C=O) groups is 1. The van der Waals surface area contributed by atoms with E-state index in [1.807, 2.05) is 30.3 Å². The monoisotopic (exact) mass is 391 g/mol. The molecule has 0 fully saturated rings. The molecule has 0 radical (unpaired) electrons. The van der Waals surface area contributed by atoms with Crippen LogP contribution in [-0.4, -0.2) is 20.9 Å². The molecule has 1 N–H and O–H groups in total. The number of hydrogen-bond donors (Lipinski definition) is 1. The summed E-state index contributed by atoms with van der Waals surface area (Å²) in [6, 6.07) is 14.2. The minimum Gasteiger partial charge on any atom is -0.319 e. The summed E-state index contributed by atoms with van der Waals surface area (Å²) >= 11 is 0. The average molecular weight is 391 g/mol. The van der Waals surface area contributed by atoms with Crippen molar-refractivity contribution < 1.29 is 13.6 Å². The van der Waals surface area contributed by atoms with Gasteiger partial charge in [-0.15, -0.1) is 5.10 Å². The van der Waals surface area contributed by atoms with Crippen molar-refractivity contribution in [1.29, 1.82) is 5.26 Å². The van der Waals surface area contributed by atoms with E-state index in [0.29, 0.717) is 18.3 Å². The Bertz CT molecular complexity index is 1110. The first-order valence-electron chi connectivity index (χ1n) is 8.54. The van der Waals surface area contributed by atoms with Crippen molar-refractivity contribution in [3.63, 3.8) is 0 Å². The third-order valence-corrected chi connectivity index (χ3v) is 3.82. The molecule has 0 atom stereocenters. The lowest BCUT2D eigenvalue weighted by Crippen LogP contribution is -2.14. The Hall–Kier alpha value is -4.12.